The van der Waals surface area contributed by atoms with Gasteiger partial charge in [-0.3, -0.25) is 9.78 Å². The third kappa shape index (κ3) is 3.24. The van der Waals surface area contributed by atoms with Gasteiger partial charge in [0.05, 0.1) is 19.2 Å². The van der Waals surface area contributed by atoms with Crippen LogP contribution in [0.25, 0.3) is 11.1 Å². The Hall–Kier alpha value is -3.34. The van der Waals surface area contributed by atoms with E-state index < -0.39 is 0 Å². The van der Waals surface area contributed by atoms with E-state index in [0.29, 0.717) is 13.0 Å². The number of carbonyl (C=O) groups excluding carboxylic acids is 1. The zero-order chi connectivity index (χ0) is 17.9. The number of para-hydroxylation sites is 2. The molecule has 26 heavy (non-hydrogen) atoms. The summed E-state index contributed by atoms with van der Waals surface area (Å²) < 4.78 is 5.37. The minimum Gasteiger partial charge on any atom is -0.495 e. The highest BCUT2D eigenvalue weighted by Gasteiger charge is 2.17. The number of fused-ring (bicyclic) bond motifs is 1. The summed E-state index contributed by atoms with van der Waals surface area (Å²) in [4.78, 5) is 15.9. The zero-order valence-electron chi connectivity index (χ0n) is 14.5. The van der Waals surface area contributed by atoms with Crippen molar-refractivity contribution in [3.63, 3.8) is 0 Å². The second-order valence-corrected chi connectivity index (χ2v) is 6.23. The van der Waals surface area contributed by atoms with E-state index in [1.165, 1.54) is 0 Å². The molecule has 2 aromatic carbocycles. The molecule has 0 fully saturated rings. The van der Waals surface area contributed by atoms with Crippen LogP contribution in [0.3, 0.4) is 0 Å². The van der Waals surface area contributed by atoms with Gasteiger partial charge in [0.1, 0.15) is 5.75 Å². The second-order valence-electron chi connectivity index (χ2n) is 6.23. The Labute approximate surface area is 152 Å². The number of aromatic nitrogens is 1. The van der Waals surface area contributed by atoms with Gasteiger partial charge in [0.15, 0.2) is 0 Å². The van der Waals surface area contributed by atoms with Gasteiger partial charge in [0.25, 0.3) is 0 Å². The van der Waals surface area contributed by atoms with Gasteiger partial charge < -0.3 is 15.4 Å². The first-order valence-corrected chi connectivity index (χ1v) is 8.47. The number of rotatable bonds is 5. The Morgan fingerprint density at radius 2 is 2.00 bits per heavy atom. The summed E-state index contributed by atoms with van der Waals surface area (Å²) in [5.74, 6) is 0.857. The highest BCUT2D eigenvalue weighted by atomic mass is 16.5. The van der Waals surface area contributed by atoms with Gasteiger partial charge in [-0.25, -0.2) is 0 Å². The number of amides is 1. The van der Waals surface area contributed by atoms with E-state index in [1.54, 1.807) is 7.11 Å². The number of hydrogen-bond donors (Lipinski definition) is 2. The topological polar surface area (TPSA) is 63.2 Å². The maximum Gasteiger partial charge on any atom is 0.228 e. The number of anilines is 2. The van der Waals surface area contributed by atoms with Gasteiger partial charge >= 0.3 is 0 Å². The van der Waals surface area contributed by atoms with Gasteiger partial charge in [0.2, 0.25) is 5.91 Å². The van der Waals surface area contributed by atoms with Gasteiger partial charge in [-0.05, 0) is 41.0 Å². The molecule has 1 aliphatic rings. The minimum atomic E-state index is 0.0463. The summed E-state index contributed by atoms with van der Waals surface area (Å²) in [6.45, 7) is 0.642. The molecule has 5 nitrogen and oxygen atoms in total. The molecule has 2 heterocycles. The van der Waals surface area contributed by atoms with Crippen molar-refractivity contribution < 1.29 is 9.53 Å². The van der Waals surface area contributed by atoms with E-state index >= 15 is 0 Å². The molecule has 3 aromatic rings. The first-order valence-electron chi connectivity index (χ1n) is 8.47. The summed E-state index contributed by atoms with van der Waals surface area (Å²) in [6, 6.07) is 16.0. The Balaban J connectivity index is 1.54. The van der Waals surface area contributed by atoms with Crippen LogP contribution in [0.15, 0.2) is 60.9 Å². The van der Waals surface area contributed by atoms with E-state index in [2.05, 4.69) is 21.7 Å². The van der Waals surface area contributed by atoms with Crippen LogP contribution in [0, 0.1) is 0 Å². The van der Waals surface area contributed by atoms with Crippen LogP contribution in [-0.4, -0.2) is 18.0 Å². The molecule has 1 aromatic heterocycles. The quantitative estimate of drug-likeness (QED) is 0.737. The van der Waals surface area contributed by atoms with E-state index in [-0.39, 0.29) is 5.91 Å². The standard InChI is InChI=1S/C21H19N3O2/c1-26-20-5-3-2-4-18(20)23-12-14-8-17(13-22-11-14)15-6-7-16-10-21(25)24-19(16)9-15/h2-9,11,13,23H,10,12H2,1H3,(H,24,25). The summed E-state index contributed by atoms with van der Waals surface area (Å²) in [7, 11) is 1.66. The fourth-order valence-corrected chi connectivity index (χ4v) is 3.12. The molecule has 0 bridgehead atoms. The monoisotopic (exact) mass is 345 g/mol. The molecule has 1 amide bonds. The lowest BCUT2D eigenvalue weighted by molar-refractivity contribution is -0.115. The fourth-order valence-electron chi connectivity index (χ4n) is 3.12. The van der Waals surface area contributed by atoms with Crippen LogP contribution >= 0.6 is 0 Å². The van der Waals surface area contributed by atoms with Crippen LogP contribution in [-0.2, 0) is 17.8 Å². The van der Waals surface area contributed by atoms with Crippen molar-refractivity contribution in [3.8, 4) is 16.9 Å². The number of benzene rings is 2. The number of nitrogens with one attached hydrogen (secondary N) is 2. The summed E-state index contributed by atoms with van der Waals surface area (Å²) in [6.07, 6.45) is 4.14. The molecule has 0 spiro atoms. The van der Waals surface area contributed by atoms with Crippen molar-refractivity contribution in [2.24, 2.45) is 0 Å². The van der Waals surface area contributed by atoms with Crippen molar-refractivity contribution >= 4 is 17.3 Å². The van der Waals surface area contributed by atoms with Gasteiger partial charge in [-0.15, -0.1) is 0 Å². The Morgan fingerprint density at radius 1 is 1.12 bits per heavy atom. The molecule has 0 unspecified atom stereocenters. The van der Waals surface area contributed by atoms with E-state index in [0.717, 1.165) is 39.4 Å². The molecule has 0 saturated carbocycles. The second kappa shape index (κ2) is 6.88. The van der Waals surface area contributed by atoms with E-state index in [9.17, 15) is 4.79 Å². The molecule has 0 aliphatic carbocycles. The molecule has 1 aliphatic heterocycles. The smallest absolute Gasteiger partial charge is 0.228 e. The molecule has 0 atom stereocenters. The van der Waals surface area contributed by atoms with Crippen molar-refractivity contribution in [2.75, 3.05) is 17.7 Å². The molecule has 4 rings (SSSR count). The van der Waals surface area contributed by atoms with Crippen molar-refractivity contribution in [1.29, 1.82) is 0 Å². The summed E-state index contributed by atoms with van der Waals surface area (Å²) >= 11 is 0. The average Bonchev–Trinajstić information content (AvgIpc) is 3.06. The Morgan fingerprint density at radius 3 is 2.88 bits per heavy atom. The van der Waals surface area contributed by atoms with Crippen LogP contribution in [0.2, 0.25) is 0 Å². The first kappa shape index (κ1) is 16.1. The van der Waals surface area contributed by atoms with Crippen LogP contribution in [0.1, 0.15) is 11.1 Å². The Kier molecular flexibility index (Phi) is 4.27. The number of ether oxygens (including phenoxy) is 1. The SMILES string of the molecule is COc1ccccc1NCc1cncc(-c2ccc3c(c2)NC(=O)C3)c1. The lowest BCUT2D eigenvalue weighted by Gasteiger charge is -2.11. The van der Waals surface area contributed by atoms with Crippen molar-refractivity contribution in [3.05, 3.63) is 72.1 Å². The van der Waals surface area contributed by atoms with Crippen molar-refractivity contribution in [2.45, 2.75) is 13.0 Å². The summed E-state index contributed by atoms with van der Waals surface area (Å²) in [5, 5.41) is 6.28. The predicted molar refractivity (Wildman–Crippen MR) is 102 cm³/mol. The third-order valence-corrected chi connectivity index (χ3v) is 4.45. The number of hydrogen-bond acceptors (Lipinski definition) is 4. The van der Waals surface area contributed by atoms with Gasteiger partial charge in [-0.1, -0.05) is 24.3 Å². The van der Waals surface area contributed by atoms with Crippen molar-refractivity contribution in [1.82, 2.24) is 4.98 Å². The van der Waals surface area contributed by atoms with Gasteiger partial charge in [0, 0.05) is 30.2 Å². The predicted octanol–water partition coefficient (Wildman–Crippen LogP) is 3.86. The maximum absolute atomic E-state index is 11.5. The first-order chi connectivity index (χ1) is 12.7. The largest absolute Gasteiger partial charge is 0.495 e. The maximum atomic E-state index is 11.5. The van der Waals surface area contributed by atoms with E-state index in [1.807, 2.05) is 54.9 Å². The third-order valence-electron chi connectivity index (χ3n) is 4.45. The molecule has 130 valence electrons. The van der Waals surface area contributed by atoms with Crippen LogP contribution < -0.4 is 15.4 Å². The highest BCUT2D eigenvalue weighted by Crippen LogP contribution is 2.30. The number of pyridine rings is 1. The molecule has 5 heteroatoms. The van der Waals surface area contributed by atoms with E-state index in [4.69, 9.17) is 4.74 Å². The number of carbonyl (C=O) groups is 1. The molecule has 0 saturated heterocycles. The minimum absolute atomic E-state index is 0.0463. The molecular weight excluding hydrogens is 326 g/mol. The zero-order valence-corrected chi connectivity index (χ0v) is 14.5. The molecular formula is C21H19N3O2. The summed E-state index contributed by atoms with van der Waals surface area (Å²) in [5.41, 5.74) is 6.01. The molecule has 0 radical (unpaired) electrons. The molecule has 2 N–H and O–H groups in total. The number of nitrogens with zero attached hydrogens (tertiary/aromatic N) is 1. The highest BCUT2D eigenvalue weighted by molar-refractivity contribution is 5.99. The number of methoxy groups -OCH3 is 1. The van der Waals surface area contributed by atoms with Crippen LogP contribution in [0.4, 0.5) is 11.4 Å². The average molecular weight is 345 g/mol. The Bertz CT molecular complexity index is 969. The van der Waals surface area contributed by atoms with Gasteiger partial charge in [-0.2, -0.15) is 0 Å². The lowest BCUT2D eigenvalue weighted by Crippen LogP contribution is -2.03. The fraction of sp³-hybridized carbons (Fsp3) is 0.143. The normalized spacial score (nSPS) is 12.4. The van der Waals surface area contributed by atoms with Crippen LogP contribution in [0.5, 0.6) is 5.75 Å². The lowest BCUT2D eigenvalue weighted by atomic mass is 10.0.